The van der Waals surface area contributed by atoms with Gasteiger partial charge in [0.2, 0.25) is 0 Å². The summed E-state index contributed by atoms with van der Waals surface area (Å²) in [6.45, 7) is 14.8. The van der Waals surface area contributed by atoms with Crippen molar-refractivity contribution in [1.29, 1.82) is 0 Å². The van der Waals surface area contributed by atoms with E-state index in [1.807, 2.05) is 37.8 Å². The number of hydrogen-bond donors (Lipinski definition) is 1. The Morgan fingerprint density at radius 2 is 1.69 bits per heavy atom. The number of hydrogen-bond acceptors (Lipinski definition) is 2. The second kappa shape index (κ2) is 7.58. The van der Waals surface area contributed by atoms with Gasteiger partial charge in [-0.05, 0) is 5.92 Å². The first-order chi connectivity index (χ1) is 7.45. The van der Waals surface area contributed by atoms with Crippen molar-refractivity contribution in [3.63, 3.8) is 0 Å². The maximum Gasteiger partial charge on any atom is 0.0839 e. The van der Waals surface area contributed by atoms with Gasteiger partial charge < -0.3 is 10.0 Å². The summed E-state index contributed by atoms with van der Waals surface area (Å²) in [4.78, 5) is 2.78. The molecule has 0 amide bonds. The third-order valence-corrected chi connectivity index (χ3v) is 3.23. The molecule has 0 spiro atoms. The highest BCUT2D eigenvalue weighted by Crippen LogP contribution is 2.16. The van der Waals surface area contributed by atoms with Crippen molar-refractivity contribution in [3.8, 4) is 0 Å². The summed E-state index contributed by atoms with van der Waals surface area (Å²) in [6.07, 6.45) is 3.22. The third-order valence-electron chi connectivity index (χ3n) is 2.60. The van der Waals surface area contributed by atoms with Crippen LogP contribution in [0.4, 0.5) is 0 Å². The first kappa shape index (κ1) is 15.3. The molecule has 0 aliphatic rings. The first-order valence-electron chi connectivity index (χ1n) is 5.64. The van der Waals surface area contributed by atoms with Crippen LogP contribution in [0.1, 0.15) is 20.8 Å². The SMILES string of the molecule is C=CCN(CC=C)C(=S)[C@H](C)[C@@H](O)C(C)C. The Balaban J connectivity index is 4.58. The molecule has 3 heteroatoms. The molecule has 0 radical (unpaired) electrons. The van der Waals surface area contributed by atoms with Gasteiger partial charge in [-0.3, -0.25) is 0 Å². The van der Waals surface area contributed by atoms with Crippen molar-refractivity contribution in [1.82, 2.24) is 4.90 Å². The summed E-state index contributed by atoms with van der Waals surface area (Å²) in [7, 11) is 0. The predicted octanol–water partition coefficient (Wildman–Crippen LogP) is 2.64. The molecule has 0 aromatic rings. The lowest BCUT2D eigenvalue weighted by atomic mass is 9.94. The van der Waals surface area contributed by atoms with E-state index in [4.69, 9.17) is 12.2 Å². The molecule has 2 atom stereocenters. The molecule has 0 bridgehead atoms. The maximum absolute atomic E-state index is 9.98. The van der Waals surface area contributed by atoms with Crippen LogP contribution in [0.15, 0.2) is 25.3 Å². The van der Waals surface area contributed by atoms with Crippen molar-refractivity contribution in [2.45, 2.75) is 26.9 Å². The normalized spacial score (nSPS) is 14.3. The van der Waals surface area contributed by atoms with Crippen LogP contribution in [-0.2, 0) is 0 Å². The van der Waals surface area contributed by atoms with Gasteiger partial charge >= 0.3 is 0 Å². The lowest BCUT2D eigenvalue weighted by Crippen LogP contribution is -2.40. The fourth-order valence-corrected chi connectivity index (χ4v) is 1.87. The minimum Gasteiger partial charge on any atom is -0.392 e. The highest BCUT2D eigenvalue weighted by atomic mass is 32.1. The molecule has 0 saturated heterocycles. The van der Waals surface area contributed by atoms with E-state index < -0.39 is 6.10 Å². The zero-order chi connectivity index (χ0) is 12.7. The molecule has 0 aromatic heterocycles. The second-order valence-electron chi connectivity index (χ2n) is 4.34. The van der Waals surface area contributed by atoms with E-state index in [9.17, 15) is 5.11 Å². The van der Waals surface area contributed by atoms with Gasteiger partial charge in [0, 0.05) is 19.0 Å². The Morgan fingerprint density at radius 1 is 1.25 bits per heavy atom. The largest absolute Gasteiger partial charge is 0.392 e. The summed E-state index contributed by atoms with van der Waals surface area (Å²) in [5.74, 6) is 0.192. The van der Waals surface area contributed by atoms with E-state index in [2.05, 4.69) is 13.2 Å². The van der Waals surface area contributed by atoms with Gasteiger partial charge in [-0.25, -0.2) is 0 Å². The van der Waals surface area contributed by atoms with Crippen molar-refractivity contribution < 1.29 is 5.11 Å². The van der Waals surface area contributed by atoms with Gasteiger partial charge in [0.1, 0.15) is 0 Å². The molecule has 92 valence electrons. The smallest absolute Gasteiger partial charge is 0.0839 e. The first-order valence-corrected chi connectivity index (χ1v) is 6.05. The fourth-order valence-electron chi connectivity index (χ4n) is 1.58. The van der Waals surface area contributed by atoms with E-state index in [-0.39, 0.29) is 11.8 Å². The minimum atomic E-state index is -0.398. The lowest BCUT2D eigenvalue weighted by molar-refractivity contribution is 0.0948. The predicted molar refractivity (Wildman–Crippen MR) is 74.6 cm³/mol. The number of rotatable bonds is 7. The van der Waals surface area contributed by atoms with E-state index in [0.29, 0.717) is 13.1 Å². The molecule has 2 nitrogen and oxygen atoms in total. The Hall–Kier alpha value is -0.670. The number of thiocarbonyl (C=S) groups is 1. The Kier molecular flexibility index (Phi) is 7.26. The van der Waals surface area contributed by atoms with E-state index in [1.165, 1.54) is 0 Å². The summed E-state index contributed by atoms with van der Waals surface area (Å²) in [5.41, 5.74) is 0. The molecule has 0 saturated carbocycles. The van der Waals surface area contributed by atoms with Gasteiger partial charge in [0.15, 0.2) is 0 Å². The average Bonchev–Trinajstić information content (AvgIpc) is 2.25. The topological polar surface area (TPSA) is 23.5 Å². The van der Waals surface area contributed by atoms with Crippen molar-refractivity contribution in [2.24, 2.45) is 11.8 Å². The summed E-state index contributed by atoms with van der Waals surface area (Å²) in [6, 6.07) is 0. The Labute approximate surface area is 105 Å². The van der Waals surface area contributed by atoms with Crippen LogP contribution in [-0.4, -0.2) is 34.2 Å². The molecule has 16 heavy (non-hydrogen) atoms. The van der Waals surface area contributed by atoms with Crippen LogP contribution >= 0.6 is 12.2 Å². The second-order valence-corrected chi connectivity index (χ2v) is 4.76. The van der Waals surface area contributed by atoms with Crippen molar-refractivity contribution in [3.05, 3.63) is 25.3 Å². The average molecular weight is 241 g/mol. The standard InChI is InChI=1S/C13H23NOS/c1-6-8-14(9-7-2)13(16)11(5)12(15)10(3)4/h6-7,10-12,15H,1-2,8-9H2,3-5H3/t11-,12+/m1/s1. The quantitative estimate of drug-likeness (QED) is 0.547. The van der Waals surface area contributed by atoms with E-state index in [1.54, 1.807) is 0 Å². The molecule has 0 unspecified atom stereocenters. The van der Waals surface area contributed by atoms with Crippen LogP contribution in [0.3, 0.4) is 0 Å². The molecular formula is C13H23NOS. The van der Waals surface area contributed by atoms with E-state index >= 15 is 0 Å². The summed E-state index contributed by atoms with van der Waals surface area (Å²) < 4.78 is 0. The van der Waals surface area contributed by atoms with Crippen LogP contribution in [0.5, 0.6) is 0 Å². The molecule has 1 N–H and O–H groups in total. The molecular weight excluding hydrogens is 218 g/mol. The van der Waals surface area contributed by atoms with Gasteiger partial charge in [0.05, 0.1) is 11.1 Å². The highest BCUT2D eigenvalue weighted by molar-refractivity contribution is 7.80. The monoisotopic (exact) mass is 241 g/mol. The number of nitrogens with zero attached hydrogens (tertiary/aromatic N) is 1. The van der Waals surface area contributed by atoms with Crippen molar-refractivity contribution in [2.75, 3.05) is 13.1 Å². The maximum atomic E-state index is 9.98. The molecule has 0 aliphatic carbocycles. The van der Waals surface area contributed by atoms with Crippen LogP contribution in [0.25, 0.3) is 0 Å². The zero-order valence-electron chi connectivity index (χ0n) is 10.5. The number of aliphatic hydroxyl groups excluding tert-OH is 1. The van der Waals surface area contributed by atoms with Gasteiger partial charge in [-0.15, -0.1) is 13.2 Å². The highest BCUT2D eigenvalue weighted by Gasteiger charge is 2.24. The third kappa shape index (κ3) is 4.45. The zero-order valence-corrected chi connectivity index (χ0v) is 11.3. The van der Waals surface area contributed by atoms with Crippen molar-refractivity contribution >= 4 is 17.2 Å². The van der Waals surface area contributed by atoms with Gasteiger partial charge in [-0.1, -0.05) is 45.1 Å². The molecule has 0 rings (SSSR count). The summed E-state index contributed by atoms with van der Waals surface area (Å²) >= 11 is 5.39. The minimum absolute atomic E-state index is 0.0186. The Morgan fingerprint density at radius 3 is 2.00 bits per heavy atom. The van der Waals surface area contributed by atoms with E-state index in [0.717, 1.165) is 4.99 Å². The van der Waals surface area contributed by atoms with Crippen LogP contribution in [0.2, 0.25) is 0 Å². The lowest BCUT2D eigenvalue weighted by Gasteiger charge is -2.30. The molecule has 0 aromatic carbocycles. The number of aliphatic hydroxyl groups is 1. The summed E-state index contributed by atoms with van der Waals surface area (Å²) in [5, 5.41) is 9.98. The molecule has 0 aliphatic heterocycles. The molecule has 0 heterocycles. The van der Waals surface area contributed by atoms with Crippen LogP contribution < -0.4 is 0 Å². The Bertz CT molecular complexity index is 240. The van der Waals surface area contributed by atoms with Gasteiger partial charge in [-0.2, -0.15) is 0 Å². The van der Waals surface area contributed by atoms with Gasteiger partial charge in [0.25, 0.3) is 0 Å². The van der Waals surface area contributed by atoms with Crippen LogP contribution in [0, 0.1) is 11.8 Å². The molecule has 0 fully saturated rings. The fraction of sp³-hybridized carbons (Fsp3) is 0.615.